The molecule has 7 heteroatoms. The smallest absolute Gasteiger partial charge is 0.261 e. The predicted octanol–water partition coefficient (Wildman–Crippen LogP) is 2.89. The van der Waals surface area contributed by atoms with E-state index in [0.29, 0.717) is 29.4 Å². The van der Waals surface area contributed by atoms with Crippen LogP contribution in [0.4, 0.5) is 0 Å². The summed E-state index contributed by atoms with van der Waals surface area (Å²) in [6, 6.07) is 10.6. The van der Waals surface area contributed by atoms with Gasteiger partial charge in [0.05, 0.1) is 9.77 Å². The summed E-state index contributed by atoms with van der Waals surface area (Å²) in [7, 11) is -3.47. The number of carbonyl (C=O) groups is 1. The first-order valence-electron chi connectivity index (χ1n) is 8.35. The highest BCUT2D eigenvalue weighted by atomic mass is 32.2. The fourth-order valence-corrected chi connectivity index (χ4v) is 5.20. The van der Waals surface area contributed by atoms with Crippen molar-refractivity contribution in [3.05, 3.63) is 52.2 Å². The standard InChI is InChI=1S/C18H22N2O3S2/c1-14-6-8-16(9-7-14)25(22,23)20-10-2-4-15(13-20)12-19-18(21)17-5-3-11-24-17/h3,5-9,11,15H,2,4,10,12-13H2,1H3,(H,19,21). The molecule has 1 unspecified atom stereocenters. The number of sulfonamides is 1. The van der Waals surface area contributed by atoms with Gasteiger partial charge in [-0.1, -0.05) is 23.8 Å². The molecule has 1 aromatic carbocycles. The van der Waals surface area contributed by atoms with E-state index in [1.807, 2.05) is 30.5 Å². The summed E-state index contributed by atoms with van der Waals surface area (Å²) in [6.07, 6.45) is 1.73. The van der Waals surface area contributed by atoms with Gasteiger partial charge in [0.2, 0.25) is 10.0 Å². The highest BCUT2D eigenvalue weighted by molar-refractivity contribution is 7.89. The van der Waals surface area contributed by atoms with Gasteiger partial charge in [-0.15, -0.1) is 11.3 Å². The molecule has 1 saturated heterocycles. The molecule has 1 aliphatic heterocycles. The molecule has 2 heterocycles. The minimum atomic E-state index is -3.47. The van der Waals surface area contributed by atoms with Crippen molar-refractivity contribution in [2.45, 2.75) is 24.7 Å². The minimum absolute atomic E-state index is 0.0893. The Balaban J connectivity index is 1.62. The summed E-state index contributed by atoms with van der Waals surface area (Å²) in [5.74, 6) is 0.0476. The monoisotopic (exact) mass is 378 g/mol. The van der Waals surface area contributed by atoms with Crippen LogP contribution in [0.3, 0.4) is 0 Å². The van der Waals surface area contributed by atoms with Crippen molar-refractivity contribution >= 4 is 27.3 Å². The number of nitrogens with one attached hydrogen (secondary N) is 1. The van der Waals surface area contributed by atoms with Crippen LogP contribution in [0.25, 0.3) is 0 Å². The summed E-state index contributed by atoms with van der Waals surface area (Å²) >= 11 is 1.40. The Morgan fingerprint density at radius 1 is 1.28 bits per heavy atom. The molecule has 3 rings (SSSR count). The summed E-state index contributed by atoms with van der Waals surface area (Å²) in [5.41, 5.74) is 1.03. The lowest BCUT2D eigenvalue weighted by atomic mass is 10.00. The first-order valence-corrected chi connectivity index (χ1v) is 10.7. The lowest BCUT2D eigenvalue weighted by Gasteiger charge is -2.32. The third-order valence-electron chi connectivity index (χ3n) is 4.44. The van der Waals surface area contributed by atoms with Crippen molar-refractivity contribution < 1.29 is 13.2 Å². The zero-order valence-electron chi connectivity index (χ0n) is 14.1. The van der Waals surface area contributed by atoms with Crippen molar-refractivity contribution in [2.75, 3.05) is 19.6 Å². The topological polar surface area (TPSA) is 66.5 Å². The van der Waals surface area contributed by atoms with Crippen LogP contribution in [0, 0.1) is 12.8 Å². The molecule has 0 bridgehead atoms. The van der Waals surface area contributed by atoms with E-state index in [4.69, 9.17) is 0 Å². The first-order chi connectivity index (χ1) is 12.0. The van der Waals surface area contributed by atoms with E-state index in [1.165, 1.54) is 11.3 Å². The molecular formula is C18H22N2O3S2. The maximum Gasteiger partial charge on any atom is 0.261 e. The molecule has 0 aliphatic carbocycles. The number of nitrogens with zero attached hydrogens (tertiary/aromatic N) is 1. The van der Waals surface area contributed by atoms with E-state index in [-0.39, 0.29) is 11.8 Å². The first kappa shape index (κ1) is 18.1. The molecule has 1 fully saturated rings. The Morgan fingerprint density at radius 3 is 2.72 bits per heavy atom. The number of rotatable bonds is 5. The second kappa shape index (κ2) is 7.68. The largest absolute Gasteiger partial charge is 0.351 e. The fraction of sp³-hybridized carbons (Fsp3) is 0.389. The van der Waals surface area contributed by atoms with Crippen molar-refractivity contribution in [2.24, 2.45) is 5.92 Å². The number of hydrogen-bond acceptors (Lipinski definition) is 4. The molecule has 2 aromatic rings. The molecule has 1 aromatic heterocycles. The lowest BCUT2D eigenvalue weighted by Crippen LogP contribution is -2.43. The van der Waals surface area contributed by atoms with Crippen LogP contribution >= 0.6 is 11.3 Å². The second-order valence-corrected chi connectivity index (χ2v) is 9.26. The predicted molar refractivity (Wildman–Crippen MR) is 99.3 cm³/mol. The van der Waals surface area contributed by atoms with Gasteiger partial charge < -0.3 is 5.32 Å². The number of piperidine rings is 1. The molecule has 134 valence electrons. The Labute approximate surface area is 152 Å². The van der Waals surface area contributed by atoms with Gasteiger partial charge in [0, 0.05) is 19.6 Å². The Hall–Kier alpha value is -1.70. The van der Waals surface area contributed by atoms with Crippen LogP contribution in [0.1, 0.15) is 28.1 Å². The van der Waals surface area contributed by atoms with Gasteiger partial charge in [-0.2, -0.15) is 4.31 Å². The van der Waals surface area contributed by atoms with Crippen LogP contribution in [-0.2, 0) is 10.0 Å². The van der Waals surface area contributed by atoms with E-state index in [2.05, 4.69) is 5.32 Å². The molecular weight excluding hydrogens is 356 g/mol. The maximum absolute atomic E-state index is 12.8. The Kier molecular flexibility index (Phi) is 5.56. The third-order valence-corrected chi connectivity index (χ3v) is 7.18. The Bertz CT molecular complexity index is 815. The van der Waals surface area contributed by atoms with E-state index in [1.54, 1.807) is 22.5 Å². The van der Waals surface area contributed by atoms with Crippen LogP contribution in [0.2, 0.25) is 0 Å². The summed E-state index contributed by atoms with van der Waals surface area (Å²) in [5, 5.41) is 4.79. The van der Waals surface area contributed by atoms with Crippen molar-refractivity contribution in [3.63, 3.8) is 0 Å². The summed E-state index contributed by atoms with van der Waals surface area (Å²) < 4.78 is 27.2. The number of carbonyl (C=O) groups excluding carboxylic acids is 1. The second-order valence-electron chi connectivity index (χ2n) is 6.37. The number of aryl methyl sites for hydroxylation is 1. The number of amides is 1. The number of benzene rings is 1. The normalized spacial score (nSPS) is 18.8. The average molecular weight is 379 g/mol. The van der Waals surface area contributed by atoms with Crippen molar-refractivity contribution in [1.82, 2.24) is 9.62 Å². The Morgan fingerprint density at radius 2 is 2.04 bits per heavy atom. The van der Waals surface area contributed by atoms with Gasteiger partial charge in [0.15, 0.2) is 0 Å². The van der Waals surface area contributed by atoms with Gasteiger partial charge in [-0.05, 0) is 49.3 Å². The molecule has 1 N–H and O–H groups in total. The molecule has 0 radical (unpaired) electrons. The van der Waals surface area contributed by atoms with Crippen LogP contribution < -0.4 is 5.32 Å². The lowest BCUT2D eigenvalue weighted by molar-refractivity contribution is 0.0945. The minimum Gasteiger partial charge on any atom is -0.351 e. The van der Waals surface area contributed by atoms with E-state index in [9.17, 15) is 13.2 Å². The highest BCUT2D eigenvalue weighted by Gasteiger charge is 2.30. The van der Waals surface area contributed by atoms with Crippen LogP contribution in [0.5, 0.6) is 0 Å². The molecule has 1 amide bonds. The average Bonchev–Trinajstić information content (AvgIpc) is 3.15. The number of thiophene rings is 1. The van der Waals surface area contributed by atoms with Gasteiger partial charge >= 0.3 is 0 Å². The molecule has 1 aliphatic rings. The van der Waals surface area contributed by atoms with Crippen molar-refractivity contribution in [1.29, 1.82) is 0 Å². The van der Waals surface area contributed by atoms with Gasteiger partial charge in [-0.25, -0.2) is 8.42 Å². The maximum atomic E-state index is 12.8. The highest BCUT2D eigenvalue weighted by Crippen LogP contribution is 2.24. The van der Waals surface area contributed by atoms with Gasteiger partial charge in [0.1, 0.15) is 0 Å². The fourth-order valence-electron chi connectivity index (χ4n) is 3.00. The molecule has 0 spiro atoms. The molecule has 25 heavy (non-hydrogen) atoms. The molecule has 5 nitrogen and oxygen atoms in total. The summed E-state index contributed by atoms with van der Waals surface area (Å²) in [6.45, 7) is 3.41. The summed E-state index contributed by atoms with van der Waals surface area (Å²) in [4.78, 5) is 13.1. The zero-order valence-corrected chi connectivity index (χ0v) is 15.8. The molecule has 0 saturated carbocycles. The zero-order chi connectivity index (χ0) is 17.9. The molecule has 1 atom stereocenters. The van der Waals surface area contributed by atoms with Gasteiger partial charge in [0.25, 0.3) is 5.91 Å². The third kappa shape index (κ3) is 4.29. The van der Waals surface area contributed by atoms with Crippen LogP contribution in [-0.4, -0.2) is 38.3 Å². The van der Waals surface area contributed by atoms with Crippen molar-refractivity contribution in [3.8, 4) is 0 Å². The number of hydrogen-bond donors (Lipinski definition) is 1. The van der Waals surface area contributed by atoms with E-state index in [0.717, 1.165) is 18.4 Å². The quantitative estimate of drug-likeness (QED) is 0.870. The SMILES string of the molecule is Cc1ccc(S(=O)(=O)N2CCCC(CNC(=O)c3cccs3)C2)cc1. The van der Waals surface area contributed by atoms with E-state index < -0.39 is 10.0 Å². The van der Waals surface area contributed by atoms with Crippen LogP contribution in [0.15, 0.2) is 46.7 Å². The van der Waals surface area contributed by atoms with E-state index >= 15 is 0 Å². The van der Waals surface area contributed by atoms with Gasteiger partial charge in [-0.3, -0.25) is 4.79 Å².